The fourth-order valence-electron chi connectivity index (χ4n) is 1.39. The monoisotopic (exact) mass is 293 g/mol. The third-order valence-corrected chi connectivity index (χ3v) is 2.28. The molecule has 0 saturated heterocycles. The number of carbonyl (C=O) groups is 1. The molecule has 0 spiro atoms. The van der Waals surface area contributed by atoms with Crippen LogP contribution in [0.15, 0.2) is 12.1 Å². The topological polar surface area (TPSA) is 173 Å². The molecule has 1 aromatic carbocycles. The van der Waals surface area contributed by atoms with Crippen molar-refractivity contribution in [3.05, 3.63) is 37.9 Å². The molecule has 1 unspecified atom stereocenters. The molecule has 10 nitrogen and oxygen atoms in total. The SMILES string of the molecule is NC(Cc1cc([N+](=O)[O-])c(O)c([N+](=O)[O-])c1)C(=O)[O-].[Na+]. The van der Waals surface area contributed by atoms with Crippen molar-refractivity contribution >= 4 is 17.3 Å². The van der Waals surface area contributed by atoms with Gasteiger partial charge in [-0.3, -0.25) is 20.2 Å². The molecule has 1 atom stereocenters. The molecule has 0 aliphatic heterocycles. The Hall–Kier alpha value is -1.75. The van der Waals surface area contributed by atoms with E-state index in [9.17, 15) is 35.2 Å². The van der Waals surface area contributed by atoms with Gasteiger partial charge in [0.05, 0.1) is 15.8 Å². The number of phenols is 1. The van der Waals surface area contributed by atoms with Crippen LogP contribution < -0.4 is 40.4 Å². The van der Waals surface area contributed by atoms with Gasteiger partial charge in [0.1, 0.15) is 0 Å². The van der Waals surface area contributed by atoms with E-state index in [-0.39, 0.29) is 35.1 Å². The third-order valence-electron chi connectivity index (χ3n) is 2.28. The molecule has 0 heterocycles. The van der Waals surface area contributed by atoms with Crippen molar-refractivity contribution in [3.8, 4) is 5.75 Å². The third kappa shape index (κ3) is 4.13. The predicted molar refractivity (Wildman–Crippen MR) is 58.1 cm³/mol. The number of phenolic OH excluding ortho intramolecular Hbond substituents is 1. The summed E-state index contributed by atoms with van der Waals surface area (Å²) in [5, 5.41) is 41.1. The van der Waals surface area contributed by atoms with Crippen molar-refractivity contribution in [2.75, 3.05) is 0 Å². The Morgan fingerprint density at radius 2 is 1.65 bits per heavy atom. The van der Waals surface area contributed by atoms with E-state index in [1.807, 2.05) is 0 Å². The van der Waals surface area contributed by atoms with Crippen molar-refractivity contribution in [2.45, 2.75) is 12.5 Å². The van der Waals surface area contributed by atoms with E-state index in [0.29, 0.717) is 0 Å². The molecule has 11 heteroatoms. The van der Waals surface area contributed by atoms with Gasteiger partial charge in [-0.15, -0.1) is 0 Å². The summed E-state index contributed by atoms with van der Waals surface area (Å²) in [4.78, 5) is 29.7. The number of carbonyl (C=O) groups excluding carboxylic acids is 1. The van der Waals surface area contributed by atoms with Gasteiger partial charge < -0.3 is 20.7 Å². The molecule has 0 fully saturated rings. The van der Waals surface area contributed by atoms with E-state index in [1.165, 1.54) is 0 Å². The summed E-state index contributed by atoms with van der Waals surface area (Å²) in [5.41, 5.74) is 3.33. The standard InChI is InChI=1S/C9H9N3O7.Na/c10-5(9(14)15)1-4-2-6(11(16)17)8(13)7(3-4)12(18)19;/h2-3,5,13H,1,10H2,(H,14,15);/q;+1/p-1. The van der Waals surface area contributed by atoms with Crippen LogP contribution in [-0.4, -0.2) is 27.0 Å². The maximum atomic E-state index is 10.6. The Balaban J connectivity index is 0.00000361. The van der Waals surface area contributed by atoms with Crippen molar-refractivity contribution in [1.29, 1.82) is 0 Å². The van der Waals surface area contributed by atoms with Crippen LogP contribution in [0.2, 0.25) is 0 Å². The fourth-order valence-corrected chi connectivity index (χ4v) is 1.39. The number of nitro groups is 2. The van der Waals surface area contributed by atoms with Crippen LogP contribution in [-0.2, 0) is 11.2 Å². The molecule has 0 aliphatic carbocycles. The first-order valence-electron chi connectivity index (χ1n) is 4.85. The van der Waals surface area contributed by atoms with Crippen LogP contribution in [0, 0.1) is 20.2 Å². The summed E-state index contributed by atoms with van der Waals surface area (Å²) in [6.45, 7) is 0. The van der Waals surface area contributed by atoms with E-state index >= 15 is 0 Å². The normalized spacial score (nSPS) is 11.2. The Kier molecular flexibility index (Phi) is 6.52. The van der Waals surface area contributed by atoms with Crippen molar-refractivity contribution in [3.63, 3.8) is 0 Å². The van der Waals surface area contributed by atoms with Crippen LogP contribution in [0.25, 0.3) is 0 Å². The Morgan fingerprint density at radius 1 is 1.25 bits per heavy atom. The van der Waals surface area contributed by atoms with Gasteiger partial charge >= 0.3 is 40.9 Å². The number of hydrogen-bond acceptors (Lipinski definition) is 8. The smallest absolute Gasteiger partial charge is 0.548 e. The predicted octanol–water partition coefficient (Wildman–Crippen LogP) is -4.17. The molecular formula is C9H8N3NaO7. The number of hydrogen-bond donors (Lipinski definition) is 2. The first kappa shape index (κ1) is 18.2. The summed E-state index contributed by atoms with van der Waals surface area (Å²) in [6.07, 6.45) is -0.399. The van der Waals surface area contributed by atoms with E-state index in [2.05, 4.69) is 0 Å². The maximum Gasteiger partial charge on any atom is 1.00 e. The molecule has 1 aromatic rings. The summed E-state index contributed by atoms with van der Waals surface area (Å²) in [5.74, 6) is -2.70. The molecule has 0 bridgehead atoms. The second-order valence-corrected chi connectivity index (χ2v) is 3.63. The van der Waals surface area contributed by atoms with Crippen molar-refractivity contribution in [2.24, 2.45) is 5.73 Å². The number of carboxylic acids is 1. The molecule has 0 amide bonds. The number of nitrogens with two attached hydrogens (primary N) is 1. The summed E-state index contributed by atoms with van der Waals surface area (Å²) in [7, 11) is 0. The van der Waals surface area contributed by atoms with Gasteiger partial charge in [-0.2, -0.15) is 0 Å². The quantitative estimate of drug-likeness (QED) is 0.312. The van der Waals surface area contributed by atoms with Gasteiger partial charge in [0.15, 0.2) is 0 Å². The van der Waals surface area contributed by atoms with Gasteiger partial charge in [0, 0.05) is 18.2 Å². The number of nitro benzene ring substituents is 2. The van der Waals surface area contributed by atoms with Crippen molar-refractivity contribution in [1.82, 2.24) is 0 Å². The molecule has 20 heavy (non-hydrogen) atoms. The van der Waals surface area contributed by atoms with E-state index in [0.717, 1.165) is 12.1 Å². The number of nitrogens with zero attached hydrogens (tertiary/aromatic N) is 2. The molecule has 3 N–H and O–H groups in total. The summed E-state index contributed by atoms with van der Waals surface area (Å²) < 4.78 is 0. The number of benzene rings is 1. The average molecular weight is 293 g/mol. The van der Waals surface area contributed by atoms with Gasteiger partial charge in [-0.05, 0) is 12.0 Å². The van der Waals surface area contributed by atoms with Crippen LogP contribution in [0.4, 0.5) is 11.4 Å². The Labute approximate surface area is 133 Å². The Bertz CT molecular complexity index is 527. The first-order chi connectivity index (χ1) is 8.73. The zero-order valence-corrected chi connectivity index (χ0v) is 12.3. The molecular weight excluding hydrogens is 285 g/mol. The number of aliphatic carboxylic acids is 1. The molecule has 102 valence electrons. The van der Waals surface area contributed by atoms with Gasteiger partial charge in [-0.25, -0.2) is 0 Å². The van der Waals surface area contributed by atoms with E-state index in [1.54, 1.807) is 0 Å². The second-order valence-electron chi connectivity index (χ2n) is 3.63. The molecule has 0 aliphatic rings. The molecule has 0 aromatic heterocycles. The van der Waals surface area contributed by atoms with E-state index in [4.69, 9.17) is 5.73 Å². The largest absolute Gasteiger partial charge is 1.00 e. The molecule has 1 rings (SSSR count). The van der Waals surface area contributed by atoms with Crippen LogP contribution in [0.3, 0.4) is 0 Å². The minimum absolute atomic E-state index is 0. The summed E-state index contributed by atoms with van der Waals surface area (Å²) in [6, 6.07) is 0.180. The zero-order chi connectivity index (χ0) is 14.7. The minimum atomic E-state index is -1.60. The second kappa shape index (κ2) is 7.14. The fraction of sp³-hybridized carbons (Fsp3) is 0.222. The van der Waals surface area contributed by atoms with Crippen LogP contribution >= 0.6 is 0 Å². The average Bonchev–Trinajstić information content (AvgIpc) is 2.30. The summed E-state index contributed by atoms with van der Waals surface area (Å²) >= 11 is 0. The zero-order valence-electron chi connectivity index (χ0n) is 10.3. The van der Waals surface area contributed by atoms with Gasteiger partial charge in [0.25, 0.3) is 5.75 Å². The molecule has 0 saturated carbocycles. The van der Waals surface area contributed by atoms with Gasteiger partial charge in [-0.1, -0.05) is 0 Å². The number of rotatable bonds is 5. The van der Waals surface area contributed by atoms with Crippen LogP contribution in [0.1, 0.15) is 5.56 Å². The Morgan fingerprint density at radius 3 is 1.95 bits per heavy atom. The number of carboxylic acid groups (broad SMARTS) is 1. The molecule has 0 radical (unpaired) electrons. The van der Waals surface area contributed by atoms with E-state index < -0.39 is 45.4 Å². The van der Waals surface area contributed by atoms with Gasteiger partial charge in [0.2, 0.25) is 0 Å². The minimum Gasteiger partial charge on any atom is -0.548 e. The maximum absolute atomic E-state index is 10.6. The number of aromatic hydroxyl groups is 1. The van der Waals surface area contributed by atoms with Crippen molar-refractivity contribution < 1.29 is 54.4 Å². The first-order valence-corrected chi connectivity index (χ1v) is 4.85. The van der Waals surface area contributed by atoms with Crippen LogP contribution in [0.5, 0.6) is 5.75 Å².